The molecular formula is C29H43N3O3. The van der Waals surface area contributed by atoms with Crippen molar-refractivity contribution in [1.29, 1.82) is 0 Å². The van der Waals surface area contributed by atoms with E-state index in [-0.39, 0.29) is 17.7 Å². The van der Waals surface area contributed by atoms with Gasteiger partial charge in [-0.05, 0) is 98.3 Å². The van der Waals surface area contributed by atoms with Crippen LogP contribution in [0.5, 0.6) is 0 Å². The van der Waals surface area contributed by atoms with E-state index < -0.39 is 6.04 Å². The van der Waals surface area contributed by atoms with Crippen LogP contribution in [-0.4, -0.2) is 62.1 Å². The third-order valence-corrected chi connectivity index (χ3v) is 9.09. The molecule has 0 aromatic heterocycles. The molecule has 6 heteroatoms. The molecule has 5 aliphatic rings. The van der Waals surface area contributed by atoms with Gasteiger partial charge in [0.15, 0.2) is 0 Å². The van der Waals surface area contributed by atoms with Gasteiger partial charge in [-0.2, -0.15) is 0 Å². The first-order chi connectivity index (χ1) is 16.9. The van der Waals surface area contributed by atoms with E-state index in [0.29, 0.717) is 17.5 Å². The summed E-state index contributed by atoms with van der Waals surface area (Å²) in [5.74, 6) is 2.48. The predicted octanol–water partition coefficient (Wildman–Crippen LogP) is 3.75. The Kier molecular flexibility index (Phi) is 7.50. The minimum Gasteiger partial charge on any atom is -0.379 e. The second kappa shape index (κ2) is 10.6. The van der Waals surface area contributed by atoms with E-state index >= 15 is 0 Å². The molecular weight excluding hydrogens is 438 g/mol. The average molecular weight is 482 g/mol. The van der Waals surface area contributed by atoms with Crippen LogP contribution in [0.4, 0.5) is 0 Å². The van der Waals surface area contributed by atoms with Gasteiger partial charge in [-0.25, -0.2) is 0 Å². The first-order valence-electron chi connectivity index (χ1n) is 13.9. The highest BCUT2D eigenvalue weighted by atomic mass is 16.5. The van der Waals surface area contributed by atoms with Crippen molar-refractivity contribution in [3.63, 3.8) is 0 Å². The zero-order valence-electron chi connectivity index (χ0n) is 21.6. The fourth-order valence-electron chi connectivity index (χ4n) is 7.65. The van der Waals surface area contributed by atoms with Crippen LogP contribution in [0.3, 0.4) is 0 Å². The van der Waals surface area contributed by atoms with Gasteiger partial charge < -0.3 is 15.4 Å². The molecule has 1 saturated heterocycles. The molecule has 0 unspecified atom stereocenters. The molecule has 0 radical (unpaired) electrons. The lowest BCUT2D eigenvalue weighted by Gasteiger charge is -2.57. The summed E-state index contributed by atoms with van der Waals surface area (Å²) in [5, 5.41) is 6.03. The van der Waals surface area contributed by atoms with Gasteiger partial charge in [0, 0.05) is 25.2 Å². The molecule has 2 amide bonds. The molecule has 1 atom stereocenters. The number of amides is 2. The Morgan fingerprint density at radius 1 is 1.00 bits per heavy atom. The fraction of sp³-hybridized carbons (Fsp3) is 0.724. The molecule has 0 spiro atoms. The van der Waals surface area contributed by atoms with E-state index in [9.17, 15) is 9.59 Å². The van der Waals surface area contributed by atoms with Gasteiger partial charge >= 0.3 is 0 Å². The van der Waals surface area contributed by atoms with Crippen molar-refractivity contribution < 1.29 is 14.3 Å². The van der Waals surface area contributed by atoms with E-state index in [0.717, 1.165) is 57.0 Å². The molecule has 5 fully saturated rings. The summed E-state index contributed by atoms with van der Waals surface area (Å²) in [6.45, 7) is 9.03. The van der Waals surface area contributed by atoms with Crippen LogP contribution in [0.15, 0.2) is 24.3 Å². The molecule has 6 nitrogen and oxygen atoms in total. The molecule has 4 saturated carbocycles. The Morgan fingerprint density at radius 3 is 2.17 bits per heavy atom. The summed E-state index contributed by atoms with van der Waals surface area (Å²) in [5.41, 5.74) is 2.40. The van der Waals surface area contributed by atoms with Crippen molar-refractivity contribution in [2.45, 2.75) is 70.3 Å². The molecule has 192 valence electrons. The number of hydrogen-bond acceptors (Lipinski definition) is 4. The van der Waals surface area contributed by atoms with Gasteiger partial charge in [0.05, 0.1) is 13.2 Å². The van der Waals surface area contributed by atoms with Gasteiger partial charge in [0.2, 0.25) is 5.91 Å². The lowest BCUT2D eigenvalue weighted by atomic mass is 9.48. The van der Waals surface area contributed by atoms with Crippen molar-refractivity contribution in [1.82, 2.24) is 15.5 Å². The number of carbonyl (C=O) groups excluding carboxylic acids is 2. The van der Waals surface area contributed by atoms with Gasteiger partial charge in [-0.15, -0.1) is 0 Å². The summed E-state index contributed by atoms with van der Waals surface area (Å²) in [4.78, 5) is 28.3. The largest absolute Gasteiger partial charge is 0.379 e. The van der Waals surface area contributed by atoms with E-state index in [1.165, 1.54) is 44.1 Å². The molecule has 1 aromatic carbocycles. The number of carbonyl (C=O) groups is 2. The third kappa shape index (κ3) is 5.59. The van der Waals surface area contributed by atoms with Crippen LogP contribution in [0, 0.1) is 23.7 Å². The Labute approximate surface area is 210 Å². The molecule has 1 aromatic rings. The second-order valence-corrected chi connectivity index (χ2v) is 12.1. The maximum absolute atomic E-state index is 13.1. The van der Waals surface area contributed by atoms with Crippen LogP contribution in [-0.2, 0) is 14.9 Å². The van der Waals surface area contributed by atoms with Crippen molar-refractivity contribution in [3.8, 4) is 0 Å². The van der Waals surface area contributed by atoms with Crippen LogP contribution < -0.4 is 10.6 Å². The smallest absolute Gasteiger partial charge is 0.251 e. The summed E-state index contributed by atoms with van der Waals surface area (Å²) < 4.78 is 5.38. The van der Waals surface area contributed by atoms with E-state index in [2.05, 4.69) is 27.7 Å². The summed E-state index contributed by atoms with van der Waals surface area (Å²) in [6.07, 6.45) is 9.18. The number of rotatable bonds is 9. The average Bonchev–Trinajstić information content (AvgIpc) is 2.84. The predicted molar refractivity (Wildman–Crippen MR) is 137 cm³/mol. The molecule has 1 aliphatic heterocycles. The Balaban J connectivity index is 1.14. The quantitative estimate of drug-likeness (QED) is 0.527. The number of benzene rings is 1. The maximum atomic E-state index is 13.1. The number of nitrogens with one attached hydrogen (secondary N) is 2. The number of hydrogen-bond donors (Lipinski definition) is 2. The Hall–Kier alpha value is -1.92. The van der Waals surface area contributed by atoms with Crippen LogP contribution in [0.1, 0.15) is 74.7 Å². The summed E-state index contributed by atoms with van der Waals surface area (Å²) >= 11 is 0. The first kappa shape index (κ1) is 24.8. The molecule has 1 heterocycles. The standard InChI is InChI=1S/C29H43N3O3/c1-20(2)26(28(34)30-8-3-9-32-10-12-35-13-11-32)31-27(33)24-4-6-25(7-5-24)29-17-21-14-22(18-29)16-23(15-21)19-29/h4-7,20-23,26H,3,8-19H2,1-2H3,(H,30,34)(H,31,33)/t21?,22?,23?,26-,29?/m1/s1. The lowest BCUT2D eigenvalue weighted by Crippen LogP contribution is -2.50. The van der Waals surface area contributed by atoms with Crippen molar-refractivity contribution in [2.24, 2.45) is 23.7 Å². The van der Waals surface area contributed by atoms with Crippen molar-refractivity contribution >= 4 is 11.8 Å². The number of morpholine rings is 1. The monoisotopic (exact) mass is 481 g/mol. The van der Waals surface area contributed by atoms with E-state index in [4.69, 9.17) is 4.74 Å². The van der Waals surface area contributed by atoms with Crippen LogP contribution in [0.25, 0.3) is 0 Å². The summed E-state index contributed by atoms with van der Waals surface area (Å²) in [7, 11) is 0. The zero-order valence-corrected chi connectivity index (χ0v) is 21.6. The summed E-state index contributed by atoms with van der Waals surface area (Å²) in [6, 6.07) is 7.80. The Bertz CT molecular complexity index is 856. The highest BCUT2D eigenvalue weighted by Gasteiger charge is 2.51. The second-order valence-electron chi connectivity index (χ2n) is 12.1. The molecule has 4 aliphatic carbocycles. The third-order valence-electron chi connectivity index (χ3n) is 9.09. The van der Waals surface area contributed by atoms with E-state index in [1.807, 2.05) is 26.0 Å². The molecule has 35 heavy (non-hydrogen) atoms. The minimum absolute atomic E-state index is 0.0180. The highest BCUT2D eigenvalue weighted by molar-refractivity contribution is 5.97. The zero-order chi connectivity index (χ0) is 24.4. The molecule has 2 N–H and O–H groups in total. The van der Waals surface area contributed by atoms with Gasteiger partial charge in [-0.1, -0.05) is 26.0 Å². The fourth-order valence-corrected chi connectivity index (χ4v) is 7.65. The van der Waals surface area contributed by atoms with Crippen LogP contribution in [0.2, 0.25) is 0 Å². The van der Waals surface area contributed by atoms with Gasteiger partial charge in [0.25, 0.3) is 5.91 Å². The normalized spacial score (nSPS) is 30.9. The number of ether oxygens (including phenoxy) is 1. The Morgan fingerprint density at radius 2 is 1.60 bits per heavy atom. The maximum Gasteiger partial charge on any atom is 0.251 e. The van der Waals surface area contributed by atoms with Crippen LogP contribution >= 0.6 is 0 Å². The lowest BCUT2D eigenvalue weighted by molar-refractivity contribution is -0.123. The molecule has 6 rings (SSSR count). The molecule has 4 bridgehead atoms. The van der Waals surface area contributed by atoms with Crippen molar-refractivity contribution in [2.75, 3.05) is 39.4 Å². The SMILES string of the molecule is CC(C)[C@@H](NC(=O)c1ccc(C23CC4CC(CC(C4)C2)C3)cc1)C(=O)NCCCN1CCOCC1. The first-order valence-corrected chi connectivity index (χ1v) is 13.9. The van der Waals surface area contributed by atoms with E-state index in [1.54, 1.807) is 0 Å². The highest BCUT2D eigenvalue weighted by Crippen LogP contribution is 2.60. The van der Waals surface area contributed by atoms with Gasteiger partial charge in [-0.3, -0.25) is 14.5 Å². The number of nitrogens with zero attached hydrogens (tertiary/aromatic N) is 1. The van der Waals surface area contributed by atoms with Gasteiger partial charge in [0.1, 0.15) is 6.04 Å². The topological polar surface area (TPSA) is 70.7 Å². The van der Waals surface area contributed by atoms with Crippen molar-refractivity contribution in [3.05, 3.63) is 35.4 Å². The minimum atomic E-state index is -0.534.